The molecule has 0 saturated carbocycles. The first-order chi connectivity index (χ1) is 6.16. The topological polar surface area (TPSA) is 146 Å². The summed E-state index contributed by atoms with van der Waals surface area (Å²) in [6.07, 6.45) is 0.847. The van der Waals surface area contributed by atoms with Gasteiger partial charge in [-0.1, -0.05) is 6.92 Å². The minimum absolute atomic E-state index is 0. The zero-order valence-corrected chi connectivity index (χ0v) is 8.44. The maximum Gasteiger partial charge on any atom is 3.00 e. The van der Waals surface area contributed by atoms with Crippen LogP contribution in [-0.4, -0.2) is 26.0 Å². The van der Waals surface area contributed by atoms with E-state index in [1.807, 2.05) is 0 Å². The number of hydrogen-bond acceptors (Lipinski definition) is 7. The third-order valence-electron chi connectivity index (χ3n) is 0.204. The summed E-state index contributed by atoms with van der Waals surface area (Å²) in [6.45, 7) is 2.69. The molecule has 0 aromatic heterocycles. The number of rotatable bonds is 1. The number of hydrogen-bond donors (Lipinski definition) is 1. The average Bonchev–Trinajstić information content (AvgIpc) is 2.08. The van der Waals surface area contributed by atoms with Crippen molar-refractivity contribution in [3.05, 3.63) is 6.92 Å². The van der Waals surface area contributed by atoms with Crippen LogP contribution in [0, 0.1) is 6.92 Å². The van der Waals surface area contributed by atoms with E-state index in [0.29, 0.717) is 6.54 Å². The molecule has 1 radical (unpaired) electrons. The number of carbonyl (C=O) groups excluding carboxylic acids is 3. The predicted molar refractivity (Wildman–Crippen MR) is 37.2 cm³/mol. The Bertz CT molecular complexity index is 76.1. The number of nitrogens with two attached hydrogens (primary N) is 1. The fourth-order valence-corrected chi connectivity index (χ4v) is 0. The number of carboxylic acid groups (broad SMARTS) is 3. The van der Waals surface area contributed by atoms with E-state index in [-0.39, 0.29) is 17.1 Å². The van der Waals surface area contributed by atoms with Gasteiger partial charge in [-0.2, -0.15) is 0 Å². The molecule has 83 valence electrons. The summed E-state index contributed by atoms with van der Waals surface area (Å²) in [5, 5.41) is 24.8. The maximum atomic E-state index is 8.25. The van der Waals surface area contributed by atoms with Crippen LogP contribution in [0.5, 0.6) is 0 Å². The summed E-state index contributed by atoms with van der Waals surface area (Å²) in [7, 11) is 0. The van der Waals surface area contributed by atoms with Crippen LogP contribution in [0.2, 0.25) is 0 Å². The maximum absolute atomic E-state index is 8.25. The van der Waals surface area contributed by atoms with Crippen LogP contribution in [0.3, 0.4) is 0 Å². The largest absolute Gasteiger partial charge is 3.00 e. The average molecular weight is 248 g/mol. The van der Waals surface area contributed by atoms with E-state index in [9.17, 15) is 0 Å². The second-order valence-corrected chi connectivity index (χ2v) is 0.931. The quantitative estimate of drug-likeness (QED) is 0.362. The van der Waals surface area contributed by atoms with Crippen molar-refractivity contribution in [2.75, 3.05) is 6.54 Å². The molecule has 0 amide bonds. The Morgan fingerprint density at radius 2 is 1.07 bits per heavy atom. The van der Waals surface area contributed by atoms with Gasteiger partial charge in [0.25, 0.3) is 0 Å². The van der Waals surface area contributed by atoms with Crippen molar-refractivity contribution in [3.8, 4) is 0 Å². The van der Waals surface area contributed by atoms with E-state index in [2.05, 4.69) is 6.92 Å². The van der Waals surface area contributed by atoms with Gasteiger partial charge in [0.1, 0.15) is 0 Å². The Kier molecular flexibility index (Phi) is 195. The summed E-state index contributed by atoms with van der Waals surface area (Å²) in [4.78, 5) is 24.8. The normalized spacial score (nSPS) is 4.71. The van der Waals surface area contributed by atoms with Crippen LogP contribution in [0.1, 0.15) is 6.42 Å². The Morgan fingerprint density at radius 3 is 1.07 bits per heavy atom. The van der Waals surface area contributed by atoms with Gasteiger partial charge in [0, 0.05) is 19.4 Å². The molecule has 0 aromatic rings. The molecule has 0 bridgehead atoms. The monoisotopic (exact) mass is 248 g/mol. The summed E-state index contributed by atoms with van der Waals surface area (Å²) in [6, 6.07) is 0. The molecular formula is C6H11MnNO6. The summed E-state index contributed by atoms with van der Waals surface area (Å²) in [5.74, 6) is 0. The molecule has 14 heavy (non-hydrogen) atoms. The molecule has 0 rings (SSSR count). The zero-order chi connectivity index (χ0) is 11.5. The molecule has 2 N–H and O–H groups in total. The summed E-state index contributed by atoms with van der Waals surface area (Å²) >= 11 is 0. The van der Waals surface area contributed by atoms with Crippen molar-refractivity contribution in [1.82, 2.24) is 0 Å². The minimum Gasteiger partial charge on any atom is -0.554 e. The van der Waals surface area contributed by atoms with E-state index < -0.39 is 19.4 Å². The van der Waals surface area contributed by atoms with Gasteiger partial charge in [0.05, 0.1) is 0 Å². The summed E-state index contributed by atoms with van der Waals surface area (Å²) < 4.78 is 0. The SMILES string of the molecule is O=C[O-].O=C[O-].O=C[O-].[CH2]CCN.[Mn+3]. The van der Waals surface area contributed by atoms with E-state index in [1.54, 1.807) is 0 Å². The third-order valence-corrected chi connectivity index (χ3v) is 0.204. The third kappa shape index (κ3) is 87200. The first-order valence-electron chi connectivity index (χ1n) is 2.82. The van der Waals surface area contributed by atoms with Crippen LogP contribution in [0.25, 0.3) is 0 Å². The van der Waals surface area contributed by atoms with Gasteiger partial charge in [0.15, 0.2) is 0 Å². The van der Waals surface area contributed by atoms with Crippen molar-refractivity contribution < 1.29 is 46.8 Å². The van der Waals surface area contributed by atoms with Gasteiger partial charge < -0.3 is 35.4 Å². The zero-order valence-electron chi connectivity index (χ0n) is 7.26. The Morgan fingerprint density at radius 1 is 1.00 bits per heavy atom. The Hall–Kier alpha value is -1.11. The molecule has 0 aromatic carbocycles. The van der Waals surface area contributed by atoms with E-state index >= 15 is 0 Å². The van der Waals surface area contributed by atoms with E-state index in [0.717, 1.165) is 6.42 Å². The van der Waals surface area contributed by atoms with Crippen molar-refractivity contribution in [2.45, 2.75) is 6.42 Å². The van der Waals surface area contributed by atoms with Gasteiger partial charge in [-0.3, -0.25) is 0 Å². The van der Waals surface area contributed by atoms with Crippen molar-refractivity contribution in [2.24, 2.45) is 5.73 Å². The van der Waals surface area contributed by atoms with Gasteiger partial charge >= 0.3 is 17.1 Å². The predicted octanol–water partition coefficient (Wildman–Crippen LogP) is -4.73. The molecule has 0 spiro atoms. The molecule has 7 nitrogen and oxygen atoms in total. The van der Waals surface area contributed by atoms with Crippen molar-refractivity contribution in [1.29, 1.82) is 0 Å². The molecule has 0 aliphatic carbocycles. The first kappa shape index (κ1) is 29.3. The second-order valence-electron chi connectivity index (χ2n) is 0.931. The Balaban J connectivity index is -0.0000000254. The molecule has 0 heterocycles. The molecule has 8 heteroatoms. The van der Waals surface area contributed by atoms with Crippen LogP contribution < -0.4 is 21.1 Å². The molecule has 0 saturated heterocycles. The molecule has 0 unspecified atom stereocenters. The van der Waals surface area contributed by atoms with E-state index in [1.165, 1.54) is 0 Å². The first-order valence-corrected chi connectivity index (χ1v) is 2.82. The standard InChI is InChI=1S/C3H8N.3CH2O2.Mn/c1-2-3-4;3*2-1-3;/h1-4H2;3*1H,(H,2,3);/q;;;;+3/p-3. The molecule has 0 fully saturated rings. The summed E-state index contributed by atoms with van der Waals surface area (Å²) in [5.41, 5.74) is 4.97. The van der Waals surface area contributed by atoms with Crippen molar-refractivity contribution >= 4 is 19.4 Å². The molecule has 0 aliphatic rings. The van der Waals surface area contributed by atoms with Crippen LogP contribution in [-0.2, 0) is 31.5 Å². The van der Waals surface area contributed by atoms with Gasteiger partial charge in [-0.25, -0.2) is 0 Å². The fourth-order valence-electron chi connectivity index (χ4n) is 0. The van der Waals surface area contributed by atoms with Crippen LogP contribution in [0.4, 0.5) is 0 Å². The van der Waals surface area contributed by atoms with Gasteiger partial charge in [-0.15, -0.1) is 0 Å². The van der Waals surface area contributed by atoms with Crippen molar-refractivity contribution in [3.63, 3.8) is 0 Å². The number of carbonyl (C=O) groups is 3. The van der Waals surface area contributed by atoms with Crippen LogP contribution in [0.15, 0.2) is 0 Å². The Labute approximate surface area is 92.4 Å². The van der Waals surface area contributed by atoms with E-state index in [4.69, 9.17) is 35.4 Å². The van der Waals surface area contributed by atoms with Gasteiger partial charge in [-0.05, 0) is 13.0 Å². The van der Waals surface area contributed by atoms with Crippen LogP contribution >= 0.6 is 0 Å². The fraction of sp³-hybridized carbons (Fsp3) is 0.333. The molecule has 0 aliphatic heterocycles. The smallest absolute Gasteiger partial charge is 0.554 e. The van der Waals surface area contributed by atoms with Gasteiger partial charge in [0.2, 0.25) is 0 Å². The molecule has 0 atom stereocenters. The second kappa shape index (κ2) is 93.2. The minimum atomic E-state index is -0.500. The molecular weight excluding hydrogens is 237 g/mol.